The Morgan fingerprint density at radius 2 is 2.08 bits per heavy atom. The van der Waals surface area contributed by atoms with Crippen LogP contribution in [0.2, 0.25) is 0 Å². The van der Waals surface area contributed by atoms with Crippen LogP contribution in [0.4, 0.5) is 14.5 Å². The van der Waals surface area contributed by atoms with Crippen molar-refractivity contribution in [3.05, 3.63) is 79.6 Å². The maximum atomic E-state index is 13.0. The van der Waals surface area contributed by atoms with Gasteiger partial charge in [0.25, 0.3) is 12.0 Å². The van der Waals surface area contributed by atoms with E-state index in [1.807, 2.05) is 18.2 Å². The van der Waals surface area contributed by atoms with Crippen LogP contribution < -0.4 is 21.5 Å². The molecule has 3 atom stereocenters. The number of aromatic nitrogens is 3. The lowest BCUT2D eigenvalue weighted by Gasteiger charge is -2.37. The minimum absolute atomic E-state index is 0.0395. The molecule has 0 radical (unpaired) electrons. The molecule has 4 aromatic rings. The van der Waals surface area contributed by atoms with E-state index < -0.39 is 24.2 Å². The number of nitriles is 1. The first kappa shape index (κ1) is 25.1. The van der Waals surface area contributed by atoms with E-state index in [2.05, 4.69) is 27.3 Å². The number of benzene rings is 1. The summed E-state index contributed by atoms with van der Waals surface area (Å²) in [6.45, 7) is 2.12. The van der Waals surface area contributed by atoms with Gasteiger partial charge in [0.05, 0.1) is 34.9 Å². The van der Waals surface area contributed by atoms with E-state index in [4.69, 9.17) is 0 Å². The minimum Gasteiger partial charge on any atom is -0.366 e. The average molecular weight is 561 g/mol. The number of thiophene rings is 1. The molecule has 7 rings (SSSR count). The minimum atomic E-state index is -2.71. The van der Waals surface area contributed by atoms with Gasteiger partial charge in [-0.2, -0.15) is 5.26 Å². The number of hydrogen-bond acceptors (Lipinski definition) is 7. The van der Waals surface area contributed by atoms with Crippen LogP contribution in [0, 0.1) is 17.2 Å². The molecule has 3 aliphatic rings. The Hall–Kier alpha value is -3.88. The lowest BCUT2D eigenvalue weighted by Crippen LogP contribution is -2.41. The molecular weight excluding hydrogens is 534 g/mol. The zero-order valence-electron chi connectivity index (χ0n) is 21.5. The summed E-state index contributed by atoms with van der Waals surface area (Å²) in [6, 6.07) is 11.7. The van der Waals surface area contributed by atoms with Gasteiger partial charge in [-0.1, -0.05) is 0 Å². The number of rotatable bonds is 6. The van der Waals surface area contributed by atoms with Gasteiger partial charge >= 0.3 is 5.69 Å². The van der Waals surface area contributed by atoms with Crippen LogP contribution in [0.5, 0.6) is 0 Å². The standard InChI is InChI=1S/C29H26F2N6O2S/c30-25(31)15-35-6-3-26(38)37(29(35)39)14-19-10-24-28(40-19)20(2-5-34-24)22-7-16(11-32)8-23-21-9-17(21)13-36(27(22)23)18-1-4-33-12-18/h2-3,5-8,10,17-18,21,25,33H,1,4,9,12-15H2/t17-,18-,21-/m0/s1. The summed E-state index contributed by atoms with van der Waals surface area (Å²) < 4.78 is 28.6. The Morgan fingerprint density at radius 1 is 1.20 bits per heavy atom. The molecule has 0 amide bonds. The number of pyridine rings is 1. The number of nitrogens with one attached hydrogen (secondary N) is 1. The summed E-state index contributed by atoms with van der Waals surface area (Å²) in [5.74, 6) is 1.10. The van der Waals surface area contributed by atoms with Crippen LogP contribution >= 0.6 is 11.3 Å². The van der Waals surface area contributed by atoms with Gasteiger partial charge in [-0.25, -0.2) is 13.6 Å². The van der Waals surface area contributed by atoms with Crippen molar-refractivity contribution in [3.63, 3.8) is 0 Å². The molecule has 1 aromatic carbocycles. The molecule has 2 fully saturated rings. The topological polar surface area (TPSA) is 96.0 Å². The van der Waals surface area contributed by atoms with Crippen LogP contribution in [0.1, 0.15) is 34.8 Å². The molecule has 11 heteroatoms. The van der Waals surface area contributed by atoms with Crippen molar-refractivity contribution in [2.24, 2.45) is 5.92 Å². The summed E-state index contributed by atoms with van der Waals surface area (Å²) in [4.78, 5) is 33.1. The van der Waals surface area contributed by atoms with Crippen LogP contribution in [0.15, 0.2) is 52.3 Å². The molecule has 1 aliphatic carbocycles. The number of anilines is 1. The van der Waals surface area contributed by atoms with E-state index in [9.17, 15) is 23.6 Å². The van der Waals surface area contributed by atoms with Gasteiger partial charge in [0.15, 0.2) is 0 Å². The monoisotopic (exact) mass is 560 g/mol. The number of hydrogen-bond donors (Lipinski definition) is 1. The average Bonchev–Trinajstić information content (AvgIpc) is 3.32. The zero-order valence-corrected chi connectivity index (χ0v) is 22.3. The van der Waals surface area contributed by atoms with Gasteiger partial charge in [-0.15, -0.1) is 11.3 Å². The molecule has 0 unspecified atom stereocenters. The van der Waals surface area contributed by atoms with Crippen molar-refractivity contribution in [1.29, 1.82) is 5.26 Å². The number of fused-ring (bicyclic) bond motifs is 4. The van der Waals surface area contributed by atoms with E-state index >= 15 is 0 Å². The van der Waals surface area contributed by atoms with Gasteiger partial charge in [0.2, 0.25) is 0 Å². The normalized spacial score (nSPS) is 21.4. The highest BCUT2D eigenvalue weighted by Crippen LogP contribution is 2.58. The molecule has 204 valence electrons. The fourth-order valence-corrected chi connectivity index (χ4v) is 7.50. The summed E-state index contributed by atoms with van der Waals surface area (Å²) in [7, 11) is 0. The number of alkyl halides is 2. The molecule has 1 saturated carbocycles. The molecule has 0 bridgehead atoms. The SMILES string of the molecule is N#Cc1cc(-c2ccnc3cc(Cn4c(=O)ccn(CC(F)F)c4=O)sc23)c2c(c1)[C@H]1C[C@H]1CN2[C@H]1CCNC1. The lowest BCUT2D eigenvalue weighted by atomic mass is 9.90. The first-order chi connectivity index (χ1) is 19.4. The summed E-state index contributed by atoms with van der Waals surface area (Å²) in [5.41, 5.74) is 4.44. The predicted molar refractivity (Wildman–Crippen MR) is 149 cm³/mol. The van der Waals surface area contributed by atoms with Crippen molar-refractivity contribution in [2.75, 3.05) is 24.5 Å². The van der Waals surface area contributed by atoms with E-state index in [0.29, 0.717) is 28.3 Å². The fraction of sp³-hybridized carbons (Fsp3) is 0.379. The van der Waals surface area contributed by atoms with Crippen molar-refractivity contribution in [2.45, 2.75) is 44.3 Å². The second-order valence-electron chi connectivity index (χ2n) is 10.8. The molecule has 2 aliphatic heterocycles. The highest BCUT2D eigenvalue weighted by molar-refractivity contribution is 7.19. The van der Waals surface area contributed by atoms with Crippen LogP contribution in [0.25, 0.3) is 21.3 Å². The molecule has 5 heterocycles. The summed E-state index contributed by atoms with van der Waals surface area (Å²) in [5, 5.41) is 13.4. The molecular formula is C29H26F2N6O2S. The zero-order chi connectivity index (χ0) is 27.5. The largest absolute Gasteiger partial charge is 0.366 e. The Balaban J connectivity index is 1.35. The molecule has 1 N–H and O–H groups in total. The van der Waals surface area contributed by atoms with E-state index in [-0.39, 0.29) is 6.54 Å². The van der Waals surface area contributed by atoms with Gasteiger partial charge in [0.1, 0.15) is 0 Å². The van der Waals surface area contributed by atoms with Crippen LogP contribution in [0.3, 0.4) is 0 Å². The molecule has 40 heavy (non-hydrogen) atoms. The van der Waals surface area contributed by atoms with Crippen molar-refractivity contribution >= 4 is 27.2 Å². The highest BCUT2D eigenvalue weighted by Gasteiger charge is 2.47. The van der Waals surface area contributed by atoms with Gasteiger partial charge < -0.3 is 10.2 Å². The third-order valence-corrected chi connectivity index (χ3v) is 9.47. The summed E-state index contributed by atoms with van der Waals surface area (Å²) >= 11 is 1.43. The van der Waals surface area contributed by atoms with Crippen molar-refractivity contribution in [3.8, 4) is 17.2 Å². The molecule has 8 nitrogen and oxygen atoms in total. The van der Waals surface area contributed by atoms with E-state index in [1.165, 1.54) is 22.6 Å². The highest BCUT2D eigenvalue weighted by atomic mass is 32.1. The molecule has 0 spiro atoms. The Bertz CT molecular complexity index is 1800. The maximum Gasteiger partial charge on any atom is 0.331 e. The third-order valence-electron chi connectivity index (χ3n) is 8.33. The predicted octanol–water partition coefficient (Wildman–Crippen LogP) is 3.76. The second kappa shape index (κ2) is 9.64. The van der Waals surface area contributed by atoms with Gasteiger partial charge in [-0.3, -0.25) is 18.9 Å². The van der Waals surface area contributed by atoms with E-state index in [1.54, 1.807) is 6.20 Å². The number of halogens is 2. The van der Waals surface area contributed by atoms with Crippen LogP contribution in [-0.2, 0) is 13.1 Å². The smallest absolute Gasteiger partial charge is 0.331 e. The Labute approximate surface area is 232 Å². The Morgan fingerprint density at radius 3 is 2.85 bits per heavy atom. The van der Waals surface area contributed by atoms with Crippen molar-refractivity contribution < 1.29 is 8.78 Å². The number of nitrogens with zero attached hydrogens (tertiary/aromatic N) is 5. The first-order valence-electron chi connectivity index (χ1n) is 13.4. The van der Waals surface area contributed by atoms with Gasteiger partial charge in [-0.05, 0) is 61.1 Å². The third kappa shape index (κ3) is 4.22. The lowest BCUT2D eigenvalue weighted by molar-refractivity contribution is 0.124. The first-order valence-corrected chi connectivity index (χ1v) is 14.2. The quantitative estimate of drug-likeness (QED) is 0.386. The Kier molecular flexibility index (Phi) is 6.05. The fourth-order valence-electron chi connectivity index (χ4n) is 6.36. The van der Waals surface area contributed by atoms with Crippen LogP contribution in [-0.4, -0.2) is 46.2 Å². The molecule has 3 aromatic heterocycles. The van der Waals surface area contributed by atoms with E-state index in [0.717, 1.165) is 75.2 Å². The maximum absolute atomic E-state index is 13.0. The van der Waals surface area contributed by atoms with Gasteiger partial charge in [0, 0.05) is 59.3 Å². The van der Waals surface area contributed by atoms with Crippen molar-refractivity contribution in [1.82, 2.24) is 19.4 Å². The summed E-state index contributed by atoms with van der Waals surface area (Å²) in [6.07, 6.45) is 2.36. The second-order valence-corrected chi connectivity index (χ2v) is 12.0. The molecule has 1 saturated heterocycles.